The van der Waals surface area contributed by atoms with Crippen molar-refractivity contribution < 1.29 is 0 Å². The van der Waals surface area contributed by atoms with Crippen molar-refractivity contribution in [2.45, 2.75) is 0 Å². The van der Waals surface area contributed by atoms with Crippen LogP contribution in [0, 0.1) is 5.53 Å². The zero-order valence-corrected chi connectivity index (χ0v) is 9.04. The van der Waals surface area contributed by atoms with Crippen LogP contribution in [0.4, 0.5) is 0 Å². The van der Waals surface area contributed by atoms with Crippen LogP contribution in [-0.2, 0) is 0 Å². The maximum atomic E-state index is 6.86. The standard InChI is InChI=1S/C13H9N.HN3/c1-3-7-12-10(5-1)9-11-6-2-4-8-13(11)14-12;1-3-2/h1-9H;1H. The number of hydrogen-bond acceptors (Lipinski definition) is 2. The van der Waals surface area contributed by atoms with Crippen molar-refractivity contribution in [1.29, 1.82) is 5.53 Å². The van der Waals surface area contributed by atoms with E-state index in [1.807, 2.05) is 36.4 Å². The molecule has 1 heterocycles. The van der Waals surface area contributed by atoms with Crippen molar-refractivity contribution in [1.82, 2.24) is 4.98 Å². The third-order valence-electron chi connectivity index (χ3n) is 2.43. The highest BCUT2D eigenvalue weighted by molar-refractivity contribution is 5.92. The van der Waals surface area contributed by atoms with Crippen LogP contribution in [0.3, 0.4) is 0 Å². The van der Waals surface area contributed by atoms with Crippen LogP contribution in [0.15, 0.2) is 54.6 Å². The summed E-state index contributed by atoms with van der Waals surface area (Å²) in [5.41, 5.74) is 14.4. The molecule has 0 saturated carbocycles. The number of benzene rings is 2. The highest BCUT2D eigenvalue weighted by Gasteiger charge is 1.96. The second kappa shape index (κ2) is 4.96. The average Bonchev–Trinajstić information content (AvgIpc) is 2.37. The van der Waals surface area contributed by atoms with E-state index >= 15 is 0 Å². The van der Waals surface area contributed by atoms with Gasteiger partial charge in [-0.2, -0.15) is 0 Å². The average molecular weight is 222 g/mol. The Morgan fingerprint density at radius 2 is 1.29 bits per heavy atom. The van der Waals surface area contributed by atoms with E-state index < -0.39 is 0 Å². The Kier molecular flexibility index (Phi) is 3.19. The predicted octanol–water partition coefficient (Wildman–Crippen LogP) is 4.26. The Hall–Kier alpha value is -2.58. The predicted molar refractivity (Wildman–Crippen MR) is 68.7 cm³/mol. The van der Waals surface area contributed by atoms with Crippen LogP contribution in [0.1, 0.15) is 0 Å². The SMILES string of the molecule is [N-]=[N+]=N.c1ccc2nc3ccccc3cc2c1. The molecule has 2 aromatic carbocycles. The molecule has 0 saturated heterocycles. The fraction of sp³-hybridized carbons (Fsp3) is 0. The van der Waals surface area contributed by atoms with Crippen LogP contribution in [-0.4, -0.2) is 4.98 Å². The van der Waals surface area contributed by atoms with Gasteiger partial charge in [0.25, 0.3) is 0 Å². The summed E-state index contributed by atoms with van der Waals surface area (Å²) in [5.74, 6) is 0. The van der Waals surface area contributed by atoms with Gasteiger partial charge < -0.3 is 0 Å². The maximum absolute atomic E-state index is 6.86. The van der Waals surface area contributed by atoms with Crippen molar-refractivity contribution in [3.8, 4) is 0 Å². The van der Waals surface area contributed by atoms with Gasteiger partial charge in [-0.05, 0) is 28.6 Å². The van der Waals surface area contributed by atoms with Gasteiger partial charge in [0.2, 0.25) is 0 Å². The van der Waals surface area contributed by atoms with Gasteiger partial charge in [-0.25, -0.2) is 4.98 Å². The number of hydrogen-bond donors (Lipinski definition) is 1. The second-order valence-electron chi connectivity index (χ2n) is 3.47. The number of rotatable bonds is 0. The molecule has 0 bridgehead atoms. The van der Waals surface area contributed by atoms with Crippen LogP contribution in [0.2, 0.25) is 0 Å². The topological polar surface area (TPSA) is 73.1 Å². The molecule has 3 aromatic rings. The van der Waals surface area contributed by atoms with Gasteiger partial charge in [-0.3, -0.25) is 0 Å². The fourth-order valence-electron chi connectivity index (χ4n) is 1.72. The van der Waals surface area contributed by atoms with Crippen LogP contribution < -0.4 is 0 Å². The Bertz CT molecular complexity index is 580. The fourth-order valence-corrected chi connectivity index (χ4v) is 1.72. The smallest absolute Gasteiger partial charge is 0.0709 e. The van der Waals surface area contributed by atoms with Crippen LogP contribution >= 0.6 is 0 Å². The Morgan fingerprint density at radius 1 is 0.882 bits per heavy atom. The second-order valence-corrected chi connectivity index (χ2v) is 3.47. The minimum Gasteiger partial charge on any atom is -0.248 e. The van der Waals surface area contributed by atoms with Gasteiger partial charge in [0.15, 0.2) is 0 Å². The zero-order chi connectivity index (χ0) is 12.1. The number of pyridine rings is 1. The molecule has 4 heteroatoms. The van der Waals surface area contributed by atoms with E-state index in [9.17, 15) is 0 Å². The van der Waals surface area contributed by atoms with E-state index in [-0.39, 0.29) is 0 Å². The molecule has 0 radical (unpaired) electrons. The number of fused-ring (bicyclic) bond motifs is 2. The number of aromatic nitrogens is 1. The van der Waals surface area contributed by atoms with Crippen molar-refractivity contribution in [3.05, 3.63) is 65.0 Å². The summed E-state index contributed by atoms with van der Waals surface area (Å²) in [6.45, 7) is 0. The normalized spacial score (nSPS) is 9.41. The lowest BCUT2D eigenvalue weighted by Crippen LogP contribution is -1.80. The molecule has 0 aliphatic heterocycles. The summed E-state index contributed by atoms with van der Waals surface area (Å²) >= 11 is 0. The number of nitrogens with zero attached hydrogens (tertiary/aromatic N) is 3. The Morgan fingerprint density at radius 3 is 1.76 bits per heavy atom. The lowest BCUT2D eigenvalue weighted by molar-refractivity contribution is 1.45. The highest BCUT2D eigenvalue weighted by Crippen LogP contribution is 2.18. The summed E-state index contributed by atoms with van der Waals surface area (Å²) in [6, 6.07) is 18.6. The molecule has 17 heavy (non-hydrogen) atoms. The van der Waals surface area contributed by atoms with Crippen molar-refractivity contribution in [2.24, 2.45) is 0 Å². The van der Waals surface area contributed by atoms with Crippen LogP contribution in [0.25, 0.3) is 32.2 Å². The molecule has 0 spiro atoms. The molecule has 82 valence electrons. The maximum Gasteiger partial charge on any atom is 0.0709 e. The first-order chi connectivity index (χ1) is 8.35. The van der Waals surface area contributed by atoms with Gasteiger partial charge in [0.05, 0.1) is 11.0 Å². The van der Waals surface area contributed by atoms with Gasteiger partial charge in [0, 0.05) is 10.8 Å². The summed E-state index contributed by atoms with van der Waals surface area (Å²) in [4.78, 5) is 6.33. The molecule has 0 aliphatic rings. The first-order valence-electron chi connectivity index (χ1n) is 5.10. The quantitative estimate of drug-likeness (QED) is 0.262. The molecule has 0 atom stereocenters. The van der Waals surface area contributed by atoms with Crippen molar-refractivity contribution >= 4 is 21.8 Å². The minimum atomic E-state index is 1.06. The summed E-state index contributed by atoms with van der Waals surface area (Å²) < 4.78 is 0. The largest absolute Gasteiger partial charge is 0.248 e. The third-order valence-corrected chi connectivity index (χ3v) is 2.43. The molecule has 3 rings (SSSR count). The number of nitrogens with one attached hydrogen (secondary N) is 1. The van der Waals surface area contributed by atoms with Gasteiger partial charge in [-0.15, -0.1) is 5.53 Å². The monoisotopic (exact) mass is 222 g/mol. The van der Waals surface area contributed by atoms with E-state index in [0.717, 1.165) is 11.0 Å². The first kappa shape index (κ1) is 10.9. The Labute approximate surface area is 97.9 Å². The summed E-state index contributed by atoms with van der Waals surface area (Å²) in [5, 5.41) is 2.40. The molecular formula is C13H10N4. The van der Waals surface area contributed by atoms with Crippen molar-refractivity contribution in [3.63, 3.8) is 0 Å². The minimum absolute atomic E-state index is 1.06. The van der Waals surface area contributed by atoms with E-state index in [1.54, 1.807) is 4.91 Å². The van der Waals surface area contributed by atoms with E-state index in [4.69, 9.17) is 11.1 Å². The van der Waals surface area contributed by atoms with E-state index in [0.29, 0.717) is 0 Å². The molecule has 1 aromatic heterocycles. The molecule has 0 aliphatic carbocycles. The zero-order valence-electron chi connectivity index (χ0n) is 9.04. The van der Waals surface area contributed by atoms with Crippen molar-refractivity contribution in [2.75, 3.05) is 0 Å². The molecule has 0 unspecified atom stereocenters. The lowest BCUT2D eigenvalue weighted by Gasteiger charge is -1.99. The summed E-state index contributed by atoms with van der Waals surface area (Å²) in [6.07, 6.45) is 0. The van der Waals surface area contributed by atoms with Gasteiger partial charge >= 0.3 is 0 Å². The highest BCUT2D eigenvalue weighted by atomic mass is 15.0. The van der Waals surface area contributed by atoms with E-state index in [1.165, 1.54) is 10.8 Å². The Balaban J connectivity index is 0.000000329. The first-order valence-corrected chi connectivity index (χ1v) is 5.10. The molecule has 1 N–H and O–H groups in total. The van der Waals surface area contributed by atoms with E-state index in [2.05, 4.69) is 23.2 Å². The molecular weight excluding hydrogens is 212 g/mol. The molecule has 0 fully saturated rings. The summed E-state index contributed by atoms with van der Waals surface area (Å²) in [7, 11) is 0. The number of para-hydroxylation sites is 2. The molecule has 0 amide bonds. The molecule has 4 nitrogen and oxygen atoms in total. The van der Waals surface area contributed by atoms with Crippen LogP contribution in [0.5, 0.6) is 0 Å². The lowest BCUT2D eigenvalue weighted by atomic mass is 10.1. The third kappa shape index (κ3) is 2.33. The van der Waals surface area contributed by atoms with Gasteiger partial charge in [-0.1, -0.05) is 36.4 Å². The van der Waals surface area contributed by atoms with Gasteiger partial charge in [0.1, 0.15) is 0 Å².